The van der Waals surface area contributed by atoms with Crippen molar-refractivity contribution in [1.29, 1.82) is 0 Å². The summed E-state index contributed by atoms with van der Waals surface area (Å²) in [5, 5.41) is -0.105. The highest BCUT2D eigenvalue weighted by atomic mass is 28.4. The molecule has 0 aliphatic carbocycles. The van der Waals surface area contributed by atoms with E-state index in [9.17, 15) is 18.0 Å². The van der Waals surface area contributed by atoms with Gasteiger partial charge in [0, 0.05) is 7.11 Å². The Labute approximate surface area is 176 Å². The van der Waals surface area contributed by atoms with Crippen molar-refractivity contribution in [1.82, 2.24) is 0 Å². The molecule has 168 valence electrons. The second-order valence-electron chi connectivity index (χ2n) is 8.66. The Morgan fingerprint density at radius 3 is 2.23 bits per heavy atom. The Bertz CT molecular complexity index is 756. The van der Waals surface area contributed by atoms with Gasteiger partial charge in [-0.15, -0.1) is 0 Å². The summed E-state index contributed by atoms with van der Waals surface area (Å²) in [5.74, 6) is -0.891. The fourth-order valence-corrected chi connectivity index (χ4v) is 3.64. The van der Waals surface area contributed by atoms with Crippen molar-refractivity contribution in [2.75, 3.05) is 13.7 Å². The largest absolute Gasteiger partial charge is 0.448 e. The third-order valence-electron chi connectivity index (χ3n) is 5.45. The van der Waals surface area contributed by atoms with E-state index in [-0.39, 0.29) is 17.2 Å². The Morgan fingerprint density at radius 1 is 1.13 bits per heavy atom. The molecule has 0 amide bonds. The molecule has 0 N–H and O–H groups in total. The van der Waals surface area contributed by atoms with Crippen LogP contribution in [0.4, 0.5) is 13.2 Å². The molecule has 1 aromatic carbocycles. The molecule has 0 unspecified atom stereocenters. The number of hydrogen-bond donors (Lipinski definition) is 0. The Kier molecular flexibility index (Phi) is 7.55. The SMILES string of the molecule is CO[C@H]1O[C@H](CO[Si](C)(C)C(C)(C)C)C=C(C(F)(F)F)[C@H]1OC(=O)c1ccccc1. The minimum atomic E-state index is -4.72. The van der Waals surface area contributed by atoms with Crippen molar-refractivity contribution in [2.45, 2.75) is 63.6 Å². The molecule has 0 saturated carbocycles. The van der Waals surface area contributed by atoms with Crippen molar-refractivity contribution in [3.63, 3.8) is 0 Å². The standard InChI is InChI=1S/C21H29F3O5Si/c1-20(2,3)30(5,6)27-13-15-12-16(21(22,23)24)17(19(26-4)28-15)29-18(25)14-10-8-7-9-11-14/h7-12,15,17,19H,13H2,1-6H3/t15-,17+,19-/m0/s1. The van der Waals surface area contributed by atoms with Crippen LogP contribution in [0.2, 0.25) is 18.1 Å². The summed E-state index contributed by atoms with van der Waals surface area (Å²) in [6.45, 7) is 10.1. The predicted molar refractivity (Wildman–Crippen MR) is 109 cm³/mol. The Hall–Kier alpha value is -1.68. The molecule has 0 saturated heterocycles. The van der Waals surface area contributed by atoms with E-state index in [1.165, 1.54) is 19.2 Å². The zero-order chi connectivity index (χ0) is 22.7. The van der Waals surface area contributed by atoms with E-state index in [2.05, 4.69) is 0 Å². The summed E-state index contributed by atoms with van der Waals surface area (Å²) < 4.78 is 63.3. The quantitative estimate of drug-likeness (QED) is 0.346. The van der Waals surface area contributed by atoms with Crippen molar-refractivity contribution >= 4 is 14.3 Å². The van der Waals surface area contributed by atoms with Gasteiger partial charge < -0.3 is 18.6 Å². The summed E-state index contributed by atoms with van der Waals surface area (Å²) in [6, 6.07) is 7.79. The molecular weight excluding hydrogens is 417 g/mol. The van der Waals surface area contributed by atoms with Gasteiger partial charge in [-0.2, -0.15) is 13.2 Å². The molecule has 1 aliphatic heterocycles. The Balaban J connectivity index is 2.26. The van der Waals surface area contributed by atoms with E-state index in [1.807, 2.05) is 33.9 Å². The Morgan fingerprint density at radius 2 is 1.73 bits per heavy atom. The van der Waals surface area contributed by atoms with Crippen LogP contribution in [0, 0.1) is 0 Å². The molecule has 5 nitrogen and oxygen atoms in total. The summed E-state index contributed by atoms with van der Waals surface area (Å²) in [7, 11) is -0.986. The number of alkyl halides is 3. The molecule has 0 spiro atoms. The second-order valence-corrected chi connectivity index (χ2v) is 13.5. The first-order valence-electron chi connectivity index (χ1n) is 9.63. The minimum absolute atomic E-state index is 0.0463. The van der Waals surface area contributed by atoms with Crippen LogP contribution in [0.5, 0.6) is 0 Å². The molecule has 1 aromatic rings. The number of halogens is 3. The van der Waals surface area contributed by atoms with Crippen LogP contribution in [0.15, 0.2) is 42.0 Å². The third kappa shape index (κ3) is 5.93. The average molecular weight is 447 g/mol. The number of methoxy groups -OCH3 is 1. The minimum Gasteiger partial charge on any atom is -0.448 e. The van der Waals surface area contributed by atoms with Crippen LogP contribution in [-0.2, 0) is 18.6 Å². The van der Waals surface area contributed by atoms with Crippen LogP contribution < -0.4 is 0 Å². The number of ether oxygens (including phenoxy) is 3. The summed E-state index contributed by atoms with van der Waals surface area (Å²) in [4.78, 5) is 12.3. The smallest absolute Gasteiger partial charge is 0.416 e. The van der Waals surface area contributed by atoms with Crippen LogP contribution in [0.3, 0.4) is 0 Å². The lowest BCUT2D eigenvalue weighted by molar-refractivity contribution is -0.216. The van der Waals surface area contributed by atoms with Crippen LogP contribution in [0.25, 0.3) is 0 Å². The van der Waals surface area contributed by atoms with E-state index < -0.39 is 44.5 Å². The monoisotopic (exact) mass is 446 g/mol. The van der Waals surface area contributed by atoms with Gasteiger partial charge in [0.2, 0.25) is 0 Å². The lowest BCUT2D eigenvalue weighted by atomic mass is 10.0. The van der Waals surface area contributed by atoms with E-state index in [0.29, 0.717) is 0 Å². The van der Waals surface area contributed by atoms with Gasteiger partial charge >= 0.3 is 12.1 Å². The van der Waals surface area contributed by atoms with Crippen LogP contribution in [-0.4, -0.2) is 52.7 Å². The van der Waals surface area contributed by atoms with Crippen LogP contribution >= 0.6 is 0 Å². The summed E-state index contributed by atoms with van der Waals surface area (Å²) >= 11 is 0. The number of hydrogen-bond acceptors (Lipinski definition) is 5. The van der Waals surface area contributed by atoms with E-state index in [0.717, 1.165) is 6.08 Å². The van der Waals surface area contributed by atoms with E-state index in [1.54, 1.807) is 18.2 Å². The molecule has 0 bridgehead atoms. The fraction of sp³-hybridized carbons (Fsp3) is 0.571. The maximum Gasteiger partial charge on any atom is 0.416 e. The summed E-state index contributed by atoms with van der Waals surface area (Å²) in [6.07, 6.45) is -7.94. The van der Waals surface area contributed by atoms with Crippen molar-refractivity contribution in [3.8, 4) is 0 Å². The lowest BCUT2D eigenvalue weighted by Gasteiger charge is -2.39. The first kappa shape index (κ1) is 24.6. The molecule has 0 radical (unpaired) electrons. The number of rotatable bonds is 6. The van der Waals surface area contributed by atoms with Gasteiger partial charge in [-0.1, -0.05) is 39.0 Å². The number of esters is 1. The fourth-order valence-electron chi connectivity index (χ4n) is 2.63. The molecule has 2 rings (SSSR count). The second kappa shape index (κ2) is 9.21. The highest BCUT2D eigenvalue weighted by Gasteiger charge is 2.49. The van der Waals surface area contributed by atoms with Gasteiger partial charge in [-0.25, -0.2) is 4.79 Å². The molecule has 3 atom stereocenters. The van der Waals surface area contributed by atoms with Gasteiger partial charge in [-0.05, 0) is 36.3 Å². The molecule has 30 heavy (non-hydrogen) atoms. The molecular formula is C21H29F3O5Si. The van der Waals surface area contributed by atoms with Gasteiger partial charge in [0.25, 0.3) is 0 Å². The van der Waals surface area contributed by atoms with E-state index in [4.69, 9.17) is 18.6 Å². The van der Waals surface area contributed by atoms with Crippen LogP contribution in [0.1, 0.15) is 31.1 Å². The van der Waals surface area contributed by atoms with Crippen molar-refractivity contribution in [3.05, 3.63) is 47.5 Å². The molecule has 0 fully saturated rings. The van der Waals surface area contributed by atoms with Gasteiger partial charge in [0.15, 0.2) is 20.7 Å². The lowest BCUT2D eigenvalue weighted by Crippen LogP contribution is -2.49. The van der Waals surface area contributed by atoms with Gasteiger partial charge in [0.1, 0.15) is 6.10 Å². The van der Waals surface area contributed by atoms with Crippen molar-refractivity contribution in [2.24, 2.45) is 0 Å². The number of carbonyl (C=O) groups excluding carboxylic acids is 1. The molecule has 9 heteroatoms. The molecule has 0 aromatic heterocycles. The number of benzene rings is 1. The summed E-state index contributed by atoms with van der Waals surface area (Å²) in [5.41, 5.74) is -0.883. The average Bonchev–Trinajstić information content (AvgIpc) is 2.65. The highest BCUT2D eigenvalue weighted by molar-refractivity contribution is 6.74. The zero-order valence-electron chi connectivity index (χ0n) is 18.1. The van der Waals surface area contributed by atoms with Gasteiger partial charge in [0.05, 0.1) is 17.7 Å². The van der Waals surface area contributed by atoms with Crippen molar-refractivity contribution < 1.29 is 36.6 Å². The first-order valence-corrected chi connectivity index (χ1v) is 12.5. The third-order valence-corrected chi connectivity index (χ3v) is 9.95. The normalized spacial score (nSPS) is 23.1. The maximum atomic E-state index is 13.8. The van der Waals surface area contributed by atoms with Gasteiger partial charge in [-0.3, -0.25) is 0 Å². The highest BCUT2D eigenvalue weighted by Crippen LogP contribution is 2.39. The zero-order valence-corrected chi connectivity index (χ0v) is 19.1. The molecule has 1 aliphatic rings. The maximum absolute atomic E-state index is 13.8. The molecule has 1 heterocycles. The number of carbonyl (C=O) groups is 1. The first-order chi connectivity index (χ1) is 13.8. The predicted octanol–water partition coefficient (Wildman–Crippen LogP) is 5.09. The topological polar surface area (TPSA) is 54.0 Å². The van der Waals surface area contributed by atoms with E-state index >= 15 is 0 Å².